The SMILES string of the molecule is CNCc1cc(F)c(F)cc1[N+](=O)[O-]. The van der Waals surface area contributed by atoms with Crippen LogP contribution in [-0.4, -0.2) is 12.0 Å². The van der Waals surface area contributed by atoms with Crippen LogP contribution in [0, 0.1) is 21.7 Å². The largest absolute Gasteiger partial charge is 0.315 e. The van der Waals surface area contributed by atoms with Crippen molar-refractivity contribution in [2.75, 3.05) is 7.05 Å². The van der Waals surface area contributed by atoms with E-state index in [1.165, 1.54) is 0 Å². The van der Waals surface area contributed by atoms with Gasteiger partial charge in [0, 0.05) is 12.1 Å². The van der Waals surface area contributed by atoms with E-state index in [1.54, 1.807) is 7.05 Å². The molecule has 0 aliphatic heterocycles. The molecule has 0 unspecified atom stereocenters. The van der Waals surface area contributed by atoms with Crippen molar-refractivity contribution in [1.82, 2.24) is 5.32 Å². The number of hydrogen-bond donors (Lipinski definition) is 1. The predicted octanol–water partition coefficient (Wildman–Crippen LogP) is 1.59. The molecule has 0 aliphatic carbocycles. The van der Waals surface area contributed by atoms with Crippen molar-refractivity contribution in [2.24, 2.45) is 0 Å². The maximum absolute atomic E-state index is 12.7. The normalized spacial score (nSPS) is 10.2. The average molecular weight is 202 g/mol. The van der Waals surface area contributed by atoms with E-state index in [9.17, 15) is 18.9 Å². The Labute approximate surface area is 78.7 Å². The molecule has 0 saturated carbocycles. The summed E-state index contributed by atoms with van der Waals surface area (Å²) in [4.78, 5) is 9.71. The topological polar surface area (TPSA) is 55.2 Å². The standard InChI is InChI=1S/C8H8F2N2O2/c1-11-4-5-2-6(9)7(10)3-8(5)12(13)14/h2-3,11H,4H2,1H3. The number of nitrogens with one attached hydrogen (secondary N) is 1. The molecule has 0 saturated heterocycles. The molecule has 0 aliphatic rings. The summed E-state index contributed by atoms with van der Waals surface area (Å²) < 4.78 is 25.4. The Morgan fingerprint density at radius 1 is 1.43 bits per heavy atom. The molecule has 1 aromatic rings. The van der Waals surface area contributed by atoms with Crippen molar-refractivity contribution < 1.29 is 13.7 Å². The molecule has 0 amide bonds. The summed E-state index contributed by atoms with van der Waals surface area (Å²) in [5.41, 5.74) is -0.297. The minimum Gasteiger partial charge on any atom is -0.315 e. The van der Waals surface area contributed by atoms with E-state index in [1.807, 2.05) is 0 Å². The molecule has 0 atom stereocenters. The molecule has 1 rings (SSSR count). The van der Waals surface area contributed by atoms with Crippen LogP contribution in [0.4, 0.5) is 14.5 Å². The van der Waals surface area contributed by atoms with Crippen molar-refractivity contribution in [3.8, 4) is 0 Å². The first kappa shape index (κ1) is 10.5. The lowest BCUT2D eigenvalue weighted by molar-refractivity contribution is -0.385. The van der Waals surface area contributed by atoms with E-state index < -0.39 is 22.2 Å². The highest BCUT2D eigenvalue weighted by molar-refractivity contribution is 5.40. The highest BCUT2D eigenvalue weighted by Gasteiger charge is 2.17. The summed E-state index contributed by atoms with van der Waals surface area (Å²) >= 11 is 0. The van der Waals surface area contributed by atoms with Crippen LogP contribution >= 0.6 is 0 Å². The zero-order valence-corrected chi connectivity index (χ0v) is 7.38. The van der Waals surface area contributed by atoms with Gasteiger partial charge in [-0.2, -0.15) is 0 Å². The lowest BCUT2D eigenvalue weighted by Crippen LogP contribution is -2.08. The van der Waals surface area contributed by atoms with Crippen LogP contribution in [0.2, 0.25) is 0 Å². The Bertz CT molecular complexity index is 369. The van der Waals surface area contributed by atoms with Crippen molar-refractivity contribution in [1.29, 1.82) is 0 Å². The molecule has 1 aromatic carbocycles. The predicted molar refractivity (Wildman–Crippen MR) is 45.8 cm³/mol. The Morgan fingerprint density at radius 3 is 2.50 bits per heavy atom. The molecule has 76 valence electrons. The van der Waals surface area contributed by atoms with Crippen LogP contribution in [0.1, 0.15) is 5.56 Å². The Kier molecular flexibility index (Phi) is 3.08. The van der Waals surface area contributed by atoms with Crippen molar-refractivity contribution >= 4 is 5.69 Å². The number of rotatable bonds is 3. The van der Waals surface area contributed by atoms with E-state index in [4.69, 9.17) is 0 Å². The highest BCUT2D eigenvalue weighted by atomic mass is 19.2. The van der Waals surface area contributed by atoms with Gasteiger partial charge in [-0.3, -0.25) is 10.1 Å². The van der Waals surface area contributed by atoms with Gasteiger partial charge in [0.1, 0.15) is 0 Å². The fourth-order valence-corrected chi connectivity index (χ4v) is 1.08. The minimum atomic E-state index is -1.21. The molecule has 0 radical (unpaired) electrons. The number of nitro benzene ring substituents is 1. The van der Waals surface area contributed by atoms with Crippen molar-refractivity contribution in [2.45, 2.75) is 6.54 Å². The molecule has 0 aromatic heterocycles. The molecule has 1 N–H and O–H groups in total. The molecule has 0 heterocycles. The van der Waals surface area contributed by atoms with Gasteiger partial charge >= 0.3 is 0 Å². The first-order valence-corrected chi connectivity index (χ1v) is 3.83. The molecule has 6 heteroatoms. The van der Waals surface area contributed by atoms with Gasteiger partial charge in [-0.1, -0.05) is 0 Å². The number of nitrogens with zero attached hydrogens (tertiary/aromatic N) is 1. The number of halogens is 2. The second-order valence-electron chi connectivity index (χ2n) is 2.68. The van der Waals surface area contributed by atoms with Crippen molar-refractivity contribution in [3.05, 3.63) is 39.4 Å². The van der Waals surface area contributed by atoms with Crippen LogP contribution in [0.5, 0.6) is 0 Å². The van der Waals surface area contributed by atoms with Crippen molar-refractivity contribution in [3.63, 3.8) is 0 Å². The summed E-state index contributed by atoms with van der Waals surface area (Å²) in [5, 5.41) is 13.1. The third kappa shape index (κ3) is 2.02. The van der Waals surface area contributed by atoms with Gasteiger partial charge in [0.05, 0.1) is 11.0 Å². The summed E-state index contributed by atoms with van der Waals surface area (Å²) in [6, 6.07) is 1.41. The van der Waals surface area contributed by atoms with Gasteiger partial charge in [-0.05, 0) is 13.1 Å². The summed E-state index contributed by atoms with van der Waals surface area (Å²) in [6.45, 7) is 0.119. The summed E-state index contributed by atoms with van der Waals surface area (Å²) in [7, 11) is 1.56. The van der Waals surface area contributed by atoms with Crippen LogP contribution in [-0.2, 0) is 6.54 Å². The first-order chi connectivity index (χ1) is 6.56. The van der Waals surface area contributed by atoms with Gasteiger partial charge in [-0.15, -0.1) is 0 Å². The van der Waals surface area contributed by atoms with Crippen LogP contribution in [0.25, 0.3) is 0 Å². The summed E-state index contributed by atoms with van der Waals surface area (Å²) in [5.74, 6) is -2.29. The maximum atomic E-state index is 12.7. The highest BCUT2D eigenvalue weighted by Crippen LogP contribution is 2.21. The molecule has 0 bridgehead atoms. The van der Waals surface area contributed by atoms with Gasteiger partial charge < -0.3 is 5.32 Å². The fourth-order valence-electron chi connectivity index (χ4n) is 1.08. The fraction of sp³-hybridized carbons (Fsp3) is 0.250. The van der Waals surface area contributed by atoms with E-state index in [2.05, 4.69) is 5.32 Å². The van der Waals surface area contributed by atoms with Gasteiger partial charge in [0.15, 0.2) is 11.6 Å². The molecule has 0 spiro atoms. The second kappa shape index (κ2) is 4.10. The smallest absolute Gasteiger partial charge is 0.277 e. The third-order valence-electron chi connectivity index (χ3n) is 1.69. The minimum absolute atomic E-state index is 0.119. The van der Waals surface area contributed by atoms with Gasteiger partial charge in [0.25, 0.3) is 5.69 Å². The zero-order valence-electron chi connectivity index (χ0n) is 7.38. The monoisotopic (exact) mass is 202 g/mol. The summed E-state index contributed by atoms with van der Waals surface area (Å²) in [6.07, 6.45) is 0. The average Bonchev–Trinajstić information content (AvgIpc) is 2.11. The Morgan fingerprint density at radius 2 is 2.00 bits per heavy atom. The van der Waals surface area contributed by atoms with E-state index in [-0.39, 0.29) is 12.1 Å². The molecule has 14 heavy (non-hydrogen) atoms. The molecule has 4 nitrogen and oxygen atoms in total. The molecular weight excluding hydrogens is 194 g/mol. The maximum Gasteiger partial charge on any atom is 0.277 e. The number of nitro groups is 1. The number of benzene rings is 1. The Hall–Kier alpha value is -1.56. The quantitative estimate of drug-likeness (QED) is 0.598. The number of hydrogen-bond acceptors (Lipinski definition) is 3. The van der Waals surface area contributed by atoms with E-state index in [0.717, 1.165) is 6.07 Å². The zero-order chi connectivity index (χ0) is 10.7. The van der Waals surface area contributed by atoms with Crippen LogP contribution in [0.15, 0.2) is 12.1 Å². The molecular formula is C8H8F2N2O2. The Balaban J connectivity index is 3.24. The lowest BCUT2D eigenvalue weighted by atomic mass is 10.1. The first-order valence-electron chi connectivity index (χ1n) is 3.83. The van der Waals surface area contributed by atoms with E-state index in [0.29, 0.717) is 6.07 Å². The van der Waals surface area contributed by atoms with Gasteiger partial charge in [0.2, 0.25) is 0 Å². The third-order valence-corrected chi connectivity index (χ3v) is 1.69. The van der Waals surface area contributed by atoms with Gasteiger partial charge in [-0.25, -0.2) is 8.78 Å². The van der Waals surface area contributed by atoms with E-state index >= 15 is 0 Å². The lowest BCUT2D eigenvalue weighted by Gasteiger charge is -2.02. The second-order valence-corrected chi connectivity index (χ2v) is 2.68. The van der Waals surface area contributed by atoms with Crippen LogP contribution < -0.4 is 5.32 Å². The van der Waals surface area contributed by atoms with Crippen LogP contribution in [0.3, 0.4) is 0 Å². The molecule has 0 fully saturated rings.